The van der Waals surface area contributed by atoms with Gasteiger partial charge in [0.05, 0.1) is 0 Å². The Morgan fingerprint density at radius 3 is 1.95 bits per heavy atom. The zero-order valence-electron chi connectivity index (χ0n) is 29.8. The van der Waals surface area contributed by atoms with Gasteiger partial charge in [0.1, 0.15) is 5.52 Å². The van der Waals surface area contributed by atoms with Crippen molar-refractivity contribution in [2.45, 2.75) is 0 Å². The van der Waals surface area contributed by atoms with Crippen molar-refractivity contribution in [2.75, 3.05) is 0 Å². The highest BCUT2D eigenvalue weighted by Crippen LogP contribution is 2.42. The molecule has 12 aromatic rings. The molecule has 0 bridgehead atoms. The van der Waals surface area contributed by atoms with E-state index in [1.165, 1.54) is 20.9 Å². The predicted octanol–water partition coefficient (Wildman–Crippen LogP) is 13.7. The van der Waals surface area contributed by atoms with Crippen LogP contribution in [0.25, 0.3) is 120 Å². The smallest absolute Gasteiger partial charge is 0.227 e. The van der Waals surface area contributed by atoms with Crippen LogP contribution in [0.15, 0.2) is 174 Å². The molecule has 3 aromatic heterocycles. The first kappa shape index (κ1) is 31.1. The summed E-state index contributed by atoms with van der Waals surface area (Å²) in [6, 6.07) is 59.3. The number of rotatable bonds is 4. The molecule has 0 aliphatic carbocycles. The van der Waals surface area contributed by atoms with Gasteiger partial charge in [0, 0.05) is 53.2 Å². The Morgan fingerprint density at radius 2 is 1.05 bits per heavy atom. The van der Waals surface area contributed by atoms with E-state index in [-0.39, 0.29) is 0 Å². The lowest BCUT2D eigenvalue weighted by molar-refractivity contribution is 0.623. The van der Waals surface area contributed by atoms with Gasteiger partial charge in [-0.3, -0.25) is 0 Å². The van der Waals surface area contributed by atoms with Crippen LogP contribution in [0.3, 0.4) is 0 Å². The first-order valence-corrected chi connectivity index (χ1v) is 19.4. The fourth-order valence-electron chi connectivity index (χ4n) is 8.27. The molecule has 5 nitrogen and oxygen atoms in total. The second kappa shape index (κ2) is 12.1. The summed E-state index contributed by atoms with van der Waals surface area (Å²) in [7, 11) is 0. The van der Waals surface area contributed by atoms with Crippen LogP contribution in [-0.2, 0) is 0 Å². The van der Waals surface area contributed by atoms with Gasteiger partial charge in [-0.15, -0.1) is 11.3 Å². The summed E-state index contributed by atoms with van der Waals surface area (Å²) in [6.07, 6.45) is 0. The van der Waals surface area contributed by atoms with Crippen LogP contribution in [0.4, 0.5) is 0 Å². The highest BCUT2D eigenvalue weighted by molar-refractivity contribution is 7.26. The number of fused-ring (bicyclic) bond motifs is 11. The Balaban J connectivity index is 1.13. The molecule has 0 N–H and O–H groups in total. The summed E-state index contributed by atoms with van der Waals surface area (Å²) in [5.74, 6) is 2.51. The van der Waals surface area contributed by atoms with E-state index in [0.717, 1.165) is 75.8 Å². The number of nitrogens with zero attached hydrogens (tertiary/aromatic N) is 4. The summed E-state index contributed by atoms with van der Waals surface area (Å²) in [6.45, 7) is 0. The molecule has 0 spiro atoms. The van der Waals surface area contributed by atoms with Crippen LogP contribution in [0.5, 0.6) is 0 Å². The Hall–Kier alpha value is -7.28. The van der Waals surface area contributed by atoms with E-state index in [0.29, 0.717) is 23.4 Å². The van der Waals surface area contributed by atoms with Crippen LogP contribution in [0.2, 0.25) is 0 Å². The molecular weight excluding hydrogens is 705 g/mol. The molecule has 0 aliphatic heterocycles. The van der Waals surface area contributed by atoms with Crippen molar-refractivity contribution < 1.29 is 4.42 Å². The van der Waals surface area contributed by atoms with Crippen molar-refractivity contribution >= 4 is 85.7 Å². The minimum absolute atomic E-state index is 0.610. The molecule has 12 rings (SSSR count). The van der Waals surface area contributed by atoms with E-state index in [4.69, 9.17) is 24.4 Å². The van der Waals surface area contributed by atoms with Gasteiger partial charge in [-0.2, -0.15) is 0 Å². The van der Waals surface area contributed by atoms with Crippen LogP contribution in [0.1, 0.15) is 0 Å². The molecule has 6 heteroatoms. The molecule has 0 unspecified atom stereocenters. The van der Waals surface area contributed by atoms with Gasteiger partial charge in [-0.25, -0.2) is 19.9 Å². The zero-order valence-corrected chi connectivity index (χ0v) is 30.6. The third-order valence-electron chi connectivity index (χ3n) is 10.9. The van der Waals surface area contributed by atoms with Gasteiger partial charge in [-0.1, -0.05) is 133 Å². The van der Waals surface area contributed by atoms with Gasteiger partial charge in [0.2, 0.25) is 5.89 Å². The average Bonchev–Trinajstić information content (AvgIpc) is 3.88. The lowest BCUT2D eigenvalue weighted by Crippen LogP contribution is -2.01. The lowest BCUT2D eigenvalue weighted by atomic mass is 9.93. The standard InChI is InChI=1S/C50H28N4OS/c1-2-11-32(12-3-1)50-51-41-27-25-31-22-21-30-24-26-35-37(43(30)44(31)45(41)55-50)15-8-17-39(35)48-52-47(34-23-20-29-10-4-5-13-33(29)28-34)53-49(54-48)40-18-9-16-38-36-14-6-7-19-42(36)56-46(38)40/h1-28H. The van der Waals surface area contributed by atoms with Crippen molar-refractivity contribution in [3.63, 3.8) is 0 Å². The molecule has 0 aliphatic rings. The average molecular weight is 733 g/mol. The fraction of sp³-hybridized carbons (Fsp3) is 0. The van der Waals surface area contributed by atoms with Gasteiger partial charge < -0.3 is 4.42 Å². The van der Waals surface area contributed by atoms with E-state index in [1.54, 1.807) is 11.3 Å². The van der Waals surface area contributed by atoms with Crippen molar-refractivity contribution in [1.82, 2.24) is 19.9 Å². The van der Waals surface area contributed by atoms with Crippen LogP contribution >= 0.6 is 11.3 Å². The molecule has 0 atom stereocenters. The number of benzene rings is 9. The minimum Gasteiger partial charge on any atom is -0.435 e. The van der Waals surface area contributed by atoms with E-state index in [9.17, 15) is 0 Å². The third kappa shape index (κ3) is 4.79. The fourth-order valence-corrected chi connectivity index (χ4v) is 9.48. The quantitative estimate of drug-likeness (QED) is 0.169. The summed E-state index contributed by atoms with van der Waals surface area (Å²) in [4.78, 5) is 20.7. The maximum atomic E-state index is 6.61. The van der Waals surface area contributed by atoms with Crippen LogP contribution in [0, 0.1) is 0 Å². The molecule has 0 fully saturated rings. The van der Waals surface area contributed by atoms with Crippen LogP contribution < -0.4 is 0 Å². The monoisotopic (exact) mass is 732 g/mol. The molecular formula is C50H28N4OS. The maximum Gasteiger partial charge on any atom is 0.227 e. The second-order valence-electron chi connectivity index (χ2n) is 14.2. The Kier molecular flexibility index (Phi) is 6.73. The third-order valence-corrected chi connectivity index (χ3v) is 12.1. The zero-order chi connectivity index (χ0) is 36.7. The largest absolute Gasteiger partial charge is 0.435 e. The van der Waals surface area contributed by atoms with Crippen molar-refractivity contribution in [2.24, 2.45) is 0 Å². The number of hydrogen-bond donors (Lipinski definition) is 0. The molecule has 0 radical (unpaired) electrons. The van der Waals surface area contributed by atoms with Crippen molar-refractivity contribution in [3.8, 4) is 45.6 Å². The molecule has 3 heterocycles. The summed E-state index contributed by atoms with van der Waals surface area (Å²) < 4.78 is 9.02. The maximum absolute atomic E-state index is 6.61. The van der Waals surface area contributed by atoms with E-state index < -0.39 is 0 Å². The summed E-state index contributed by atoms with van der Waals surface area (Å²) >= 11 is 1.78. The van der Waals surface area contributed by atoms with E-state index in [2.05, 4.69) is 133 Å². The van der Waals surface area contributed by atoms with Gasteiger partial charge in [0.25, 0.3) is 0 Å². The number of aromatic nitrogens is 4. The highest BCUT2D eigenvalue weighted by Gasteiger charge is 2.20. The number of hydrogen-bond acceptors (Lipinski definition) is 6. The predicted molar refractivity (Wildman–Crippen MR) is 232 cm³/mol. The molecule has 0 saturated carbocycles. The minimum atomic E-state index is 0.610. The topological polar surface area (TPSA) is 64.7 Å². The first-order valence-electron chi connectivity index (χ1n) is 18.6. The highest BCUT2D eigenvalue weighted by atomic mass is 32.1. The van der Waals surface area contributed by atoms with Crippen molar-refractivity contribution in [1.29, 1.82) is 0 Å². The van der Waals surface area contributed by atoms with Gasteiger partial charge >= 0.3 is 0 Å². The first-order chi connectivity index (χ1) is 27.7. The van der Waals surface area contributed by atoms with E-state index in [1.807, 2.05) is 36.4 Å². The Bertz CT molecular complexity index is 3550. The van der Waals surface area contributed by atoms with Crippen LogP contribution in [-0.4, -0.2) is 19.9 Å². The van der Waals surface area contributed by atoms with Gasteiger partial charge in [0.15, 0.2) is 23.1 Å². The Morgan fingerprint density at radius 1 is 0.393 bits per heavy atom. The SMILES string of the molecule is c1ccc(-c2nc3ccc4ccc5ccc6c(-c7nc(-c8ccc9ccccc9c8)nc(-c8cccc9c8sc8ccccc89)n7)cccc6c5c4c3o2)cc1. The second-order valence-corrected chi connectivity index (χ2v) is 15.2. The number of oxazole rings is 1. The Labute approximate surface area is 324 Å². The molecule has 0 amide bonds. The molecule has 0 saturated heterocycles. The molecule has 260 valence electrons. The van der Waals surface area contributed by atoms with Crippen molar-refractivity contribution in [3.05, 3.63) is 170 Å². The summed E-state index contributed by atoms with van der Waals surface area (Å²) in [5.41, 5.74) is 5.43. The van der Waals surface area contributed by atoms with E-state index >= 15 is 0 Å². The summed E-state index contributed by atoms with van der Waals surface area (Å²) in [5, 5.41) is 11.3. The normalized spacial score (nSPS) is 11.9. The van der Waals surface area contributed by atoms with Gasteiger partial charge in [-0.05, 0) is 68.7 Å². The number of thiophene rings is 1. The molecule has 9 aromatic carbocycles. The molecule has 56 heavy (non-hydrogen) atoms. The lowest BCUT2D eigenvalue weighted by Gasteiger charge is -2.13.